The lowest BCUT2D eigenvalue weighted by Gasteiger charge is -2.23. The summed E-state index contributed by atoms with van der Waals surface area (Å²) < 4.78 is 33.4. The van der Waals surface area contributed by atoms with Crippen molar-refractivity contribution in [3.63, 3.8) is 0 Å². The number of halogens is 1. The van der Waals surface area contributed by atoms with Crippen molar-refractivity contribution in [3.05, 3.63) is 83.9 Å². The molecule has 0 saturated carbocycles. The molecule has 4 rings (SSSR count). The number of benzene rings is 3. The molecule has 7 heteroatoms. The van der Waals surface area contributed by atoms with Crippen molar-refractivity contribution in [2.45, 2.75) is 11.8 Å². The number of fused-ring (bicyclic) bond motifs is 3. The van der Waals surface area contributed by atoms with Gasteiger partial charge in [0.2, 0.25) is 0 Å². The zero-order chi connectivity index (χ0) is 20.8. The molecule has 1 aromatic heterocycles. The number of carbonyl (C=O) groups is 1. The van der Waals surface area contributed by atoms with E-state index in [1.54, 1.807) is 6.07 Å². The Labute approximate surface area is 172 Å². The maximum Gasteiger partial charge on any atom is 0.271 e. The SMILES string of the molecule is C=C(C)C(=O)N(c1ccc(Cl)cc1)S(=O)(=O)c1ccc2oc3ccccc3c2c1. The average molecular weight is 426 g/mol. The predicted octanol–water partition coefficient (Wildman–Crippen LogP) is 5.54. The highest BCUT2D eigenvalue weighted by atomic mass is 35.5. The van der Waals surface area contributed by atoms with Crippen LogP contribution in [0.5, 0.6) is 0 Å². The minimum absolute atomic E-state index is 0.0268. The molecule has 1 amide bonds. The van der Waals surface area contributed by atoms with Crippen LogP contribution < -0.4 is 4.31 Å². The number of sulfonamides is 1. The van der Waals surface area contributed by atoms with E-state index in [4.69, 9.17) is 16.0 Å². The lowest BCUT2D eigenvalue weighted by molar-refractivity contribution is -0.113. The first-order chi connectivity index (χ1) is 13.8. The van der Waals surface area contributed by atoms with Crippen LogP contribution in [-0.4, -0.2) is 14.3 Å². The maximum absolute atomic E-state index is 13.5. The van der Waals surface area contributed by atoms with E-state index >= 15 is 0 Å². The Morgan fingerprint density at radius 1 is 0.966 bits per heavy atom. The van der Waals surface area contributed by atoms with Crippen LogP contribution in [0.15, 0.2) is 88.2 Å². The highest BCUT2D eigenvalue weighted by Crippen LogP contribution is 2.33. The van der Waals surface area contributed by atoms with Crippen molar-refractivity contribution in [3.8, 4) is 0 Å². The molecule has 0 N–H and O–H groups in total. The van der Waals surface area contributed by atoms with Gasteiger partial charge in [-0.15, -0.1) is 0 Å². The Kier molecular flexibility index (Phi) is 4.68. The lowest BCUT2D eigenvalue weighted by Crippen LogP contribution is -2.37. The highest BCUT2D eigenvalue weighted by molar-refractivity contribution is 7.93. The molecule has 0 spiro atoms. The quantitative estimate of drug-likeness (QED) is 0.403. The topological polar surface area (TPSA) is 67.6 Å². The number of para-hydroxylation sites is 1. The number of nitrogens with zero attached hydrogens (tertiary/aromatic N) is 1. The van der Waals surface area contributed by atoms with Gasteiger partial charge in [0.1, 0.15) is 11.2 Å². The Bertz CT molecular complexity index is 1370. The number of furan rings is 1. The first-order valence-electron chi connectivity index (χ1n) is 8.71. The van der Waals surface area contributed by atoms with Gasteiger partial charge in [-0.3, -0.25) is 4.79 Å². The lowest BCUT2D eigenvalue weighted by atomic mass is 10.1. The summed E-state index contributed by atoms with van der Waals surface area (Å²) in [6.07, 6.45) is 0. The molecule has 1 heterocycles. The Morgan fingerprint density at radius 3 is 2.31 bits per heavy atom. The van der Waals surface area contributed by atoms with Gasteiger partial charge in [-0.25, -0.2) is 8.42 Å². The van der Waals surface area contributed by atoms with Crippen LogP contribution >= 0.6 is 11.6 Å². The molecule has 0 aliphatic rings. The van der Waals surface area contributed by atoms with Crippen LogP contribution in [0.4, 0.5) is 5.69 Å². The Hall–Kier alpha value is -3.09. The molecule has 0 unspecified atom stereocenters. The van der Waals surface area contributed by atoms with Crippen molar-refractivity contribution < 1.29 is 17.6 Å². The summed E-state index contributed by atoms with van der Waals surface area (Å²) in [6.45, 7) is 5.08. The number of carbonyl (C=O) groups excluding carboxylic acids is 1. The van der Waals surface area contributed by atoms with Gasteiger partial charge < -0.3 is 4.42 Å². The van der Waals surface area contributed by atoms with E-state index in [2.05, 4.69) is 6.58 Å². The number of hydrogen-bond donors (Lipinski definition) is 0. The number of anilines is 1. The third-order valence-corrected chi connectivity index (χ3v) is 6.46. The van der Waals surface area contributed by atoms with Crippen LogP contribution in [0.1, 0.15) is 6.92 Å². The Morgan fingerprint density at radius 2 is 1.62 bits per heavy atom. The molecular formula is C22H16ClNO4S. The van der Waals surface area contributed by atoms with Crippen LogP contribution in [0.25, 0.3) is 21.9 Å². The summed E-state index contributed by atoms with van der Waals surface area (Å²) in [7, 11) is -4.21. The number of amides is 1. The van der Waals surface area contributed by atoms with E-state index in [-0.39, 0.29) is 16.2 Å². The molecular weight excluding hydrogens is 410 g/mol. The second-order valence-electron chi connectivity index (χ2n) is 6.59. The standard InChI is InChI=1S/C22H16ClNO4S/c1-14(2)22(25)24(16-9-7-15(23)8-10-16)29(26,27)17-11-12-21-19(13-17)18-5-3-4-6-20(18)28-21/h3-13H,1H2,2H3. The van der Waals surface area contributed by atoms with Gasteiger partial charge in [0.15, 0.2) is 0 Å². The molecule has 0 atom stereocenters. The van der Waals surface area contributed by atoms with E-state index in [1.807, 2.05) is 24.3 Å². The van der Waals surface area contributed by atoms with Crippen LogP contribution in [-0.2, 0) is 14.8 Å². The van der Waals surface area contributed by atoms with Crippen LogP contribution in [0.3, 0.4) is 0 Å². The van der Waals surface area contributed by atoms with Gasteiger partial charge in [0, 0.05) is 21.4 Å². The Balaban J connectivity index is 1.92. The summed E-state index contributed by atoms with van der Waals surface area (Å²) in [4.78, 5) is 12.7. The van der Waals surface area contributed by atoms with Gasteiger partial charge in [-0.1, -0.05) is 36.4 Å². The third-order valence-electron chi connectivity index (χ3n) is 4.50. The van der Waals surface area contributed by atoms with Gasteiger partial charge in [-0.2, -0.15) is 4.31 Å². The van der Waals surface area contributed by atoms with Gasteiger partial charge in [-0.05, 0) is 55.5 Å². The van der Waals surface area contributed by atoms with E-state index in [0.717, 1.165) is 9.69 Å². The van der Waals surface area contributed by atoms with Crippen molar-refractivity contribution in [2.75, 3.05) is 4.31 Å². The molecule has 29 heavy (non-hydrogen) atoms. The van der Waals surface area contributed by atoms with Crippen LogP contribution in [0, 0.1) is 0 Å². The maximum atomic E-state index is 13.5. The molecule has 0 saturated heterocycles. The van der Waals surface area contributed by atoms with Gasteiger partial charge in [0.25, 0.3) is 15.9 Å². The zero-order valence-corrected chi connectivity index (χ0v) is 17.0. The molecule has 5 nitrogen and oxygen atoms in total. The van der Waals surface area contributed by atoms with E-state index in [0.29, 0.717) is 21.6 Å². The molecule has 4 aromatic rings. The van der Waals surface area contributed by atoms with Gasteiger partial charge in [0.05, 0.1) is 10.6 Å². The summed E-state index contributed by atoms with van der Waals surface area (Å²) >= 11 is 5.92. The molecule has 146 valence electrons. The fourth-order valence-electron chi connectivity index (χ4n) is 3.09. The number of rotatable bonds is 4. The molecule has 0 aliphatic carbocycles. The van der Waals surface area contributed by atoms with Crippen molar-refractivity contribution in [2.24, 2.45) is 0 Å². The van der Waals surface area contributed by atoms with E-state index in [9.17, 15) is 13.2 Å². The van der Waals surface area contributed by atoms with E-state index in [1.165, 1.54) is 43.3 Å². The fourth-order valence-corrected chi connectivity index (χ4v) is 4.70. The second-order valence-corrected chi connectivity index (χ2v) is 8.81. The zero-order valence-electron chi connectivity index (χ0n) is 15.4. The average Bonchev–Trinajstić information content (AvgIpc) is 3.07. The van der Waals surface area contributed by atoms with Gasteiger partial charge >= 0.3 is 0 Å². The van der Waals surface area contributed by atoms with Crippen molar-refractivity contribution in [1.82, 2.24) is 0 Å². The summed E-state index contributed by atoms with van der Waals surface area (Å²) in [5.74, 6) is -0.718. The monoisotopic (exact) mass is 425 g/mol. The summed E-state index contributed by atoms with van der Waals surface area (Å²) in [6, 6.07) is 17.9. The molecule has 0 fully saturated rings. The molecule has 0 bridgehead atoms. The minimum atomic E-state index is -4.21. The minimum Gasteiger partial charge on any atom is -0.456 e. The van der Waals surface area contributed by atoms with Crippen molar-refractivity contribution in [1.29, 1.82) is 0 Å². The molecule has 3 aromatic carbocycles. The van der Waals surface area contributed by atoms with Crippen molar-refractivity contribution >= 4 is 55.2 Å². The second kappa shape index (κ2) is 7.06. The molecule has 0 radical (unpaired) electrons. The normalized spacial score (nSPS) is 11.7. The predicted molar refractivity (Wildman–Crippen MR) is 115 cm³/mol. The summed E-state index contributed by atoms with van der Waals surface area (Å²) in [5, 5.41) is 1.88. The first-order valence-corrected chi connectivity index (χ1v) is 10.5. The fraction of sp³-hybridized carbons (Fsp3) is 0.0455. The van der Waals surface area contributed by atoms with Crippen LogP contribution in [0.2, 0.25) is 5.02 Å². The highest BCUT2D eigenvalue weighted by Gasteiger charge is 2.31. The number of hydrogen-bond acceptors (Lipinski definition) is 4. The van der Waals surface area contributed by atoms with E-state index < -0.39 is 15.9 Å². The third kappa shape index (κ3) is 3.30. The first kappa shape index (κ1) is 19.2. The summed E-state index contributed by atoms with van der Waals surface area (Å²) in [5.41, 5.74) is 1.50. The molecule has 0 aliphatic heterocycles. The largest absolute Gasteiger partial charge is 0.456 e. The smallest absolute Gasteiger partial charge is 0.271 e.